The molecule has 41 heavy (non-hydrogen) atoms. The Balaban J connectivity index is 0.000000228. The van der Waals surface area contributed by atoms with Gasteiger partial charge in [-0.25, -0.2) is 19.4 Å². The van der Waals surface area contributed by atoms with Crippen LogP contribution in [0.4, 0.5) is 14.4 Å². The molecule has 0 aromatic rings. The Morgan fingerprint density at radius 2 is 1.51 bits per heavy atom. The number of hydrazine groups is 1. The molecule has 4 rings (SSSR count). The zero-order valence-electron chi connectivity index (χ0n) is 24.0. The van der Waals surface area contributed by atoms with Gasteiger partial charge < -0.3 is 24.8 Å². The number of hydroxylamine groups is 2. The molecular weight excluding hydrogens is 566 g/mol. The molecule has 0 aromatic carbocycles. The molecule has 4 aliphatic rings. The molecule has 4 atom stereocenters. The zero-order chi connectivity index (χ0) is 30.9. The van der Waals surface area contributed by atoms with E-state index in [-0.39, 0.29) is 30.4 Å². The van der Waals surface area contributed by atoms with Gasteiger partial charge in [0.25, 0.3) is 5.91 Å². The fourth-order valence-corrected chi connectivity index (χ4v) is 5.51. The molecule has 7 amide bonds. The largest absolute Gasteiger partial charge is 0.442 e. The van der Waals surface area contributed by atoms with Crippen molar-refractivity contribution >= 4 is 40.4 Å². The fraction of sp³-hybridized carbons (Fsp3) is 0.783. The van der Waals surface area contributed by atoms with Crippen LogP contribution in [-0.2, 0) is 29.0 Å². The summed E-state index contributed by atoms with van der Waals surface area (Å²) in [7, 11) is -1.57. The predicted molar refractivity (Wildman–Crippen MR) is 141 cm³/mol. The number of likely N-dealkylation sites (N-methyl/N-ethyl adjacent to an activating group) is 2. The molecule has 18 heteroatoms. The van der Waals surface area contributed by atoms with Crippen LogP contribution in [0.2, 0.25) is 0 Å². The number of carbonyl (C=O) groups excluding carboxylic acids is 5. The van der Waals surface area contributed by atoms with E-state index in [1.54, 1.807) is 44.5 Å². The van der Waals surface area contributed by atoms with Gasteiger partial charge >= 0.3 is 28.6 Å². The summed E-state index contributed by atoms with van der Waals surface area (Å²) >= 11 is 0. The molecular formula is C23H39N7O10S. The van der Waals surface area contributed by atoms with Crippen molar-refractivity contribution in [1.82, 2.24) is 35.5 Å². The third-order valence-corrected chi connectivity index (χ3v) is 7.40. The average molecular weight is 606 g/mol. The topological polar surface area (TPSA) is 198 Å². The van der Waals surface area contributed by atoms with Crippen LogP contribution >= 0.6 is 0 Å². The lowest BCUT2D eigenvalue weighted by molar-refractivity contribution is -0.130. The van der Waals surface area contributed by atoms with Gasteiger partial charge in [-0.15, -0.1) is 4.28 Å². The third kappa shape index (κ3) is 7.68. The predicted octanol–water partition coefficient (Wildman–Crippen LogP) is -0.0916. The van der Waals surface area contributed by atoms with Gasteiger partial charge in [-0.2, -0.15) is 13.5 Å². The van der Waals surface area contributed by atoms with Gasteiger partial charge in [0.05, 0.1) is 12.1 Å². The first-order chi connectivity index (χ1) is 18.9. The van der Waals surface area contributed by atoms with Crippen LogP contribution in [0.1, 0.15) is 53.4 Å². The number of amides is 7. The fourth-order valence-electron chi connectivity index (χ4n) is 5.12. The summed E-state index contributed by atoms with van der Waals surface area (Å²) in [5.41, 5.74) is 1.86. The first-order valence-corrected chi connectivity index (χ1v) is 14.6. The average Bonchev–Trinajstić information content (AvgIpc) is 3.22. The van der Waals surface area contributed by atoms with Crippen molar-refractivity contribution in [3.8, 4) is 0 Å². The van der Waals surface area contributed by atoms with Crippen molar-refractivity contribution in [2.45, 2.75) is 83.1 Å². The van der Waals surface area contributed by atoms with Crippen LogP contribution in [0, 0.1) is 0 Å². The maximum Gasteiger partial charge on any atom is 0.428 e. The molecule has 3 N–H and O–H groups in total. The van der Waals surface area contributed by atoms with E-state index in [1.807, 2.05) is 0 Å². The molecule has 4 saturated heterocycles. The molecule has 0 radical (unpaired) electrons. The SMILES string of the molecule is CCNC(=O)[C@@H]1CC[C@@H]2CN1C(=O)N2OS(=O)(=O)O.CN(NC(=O)[C@@H]1CC[C@@H]2CN1C(=O)N2C)C(=O)OC(C)(C)C. The Morgan fingerprint density at radius 1 is 0.976 bits per heavy atom. The van der Waals surface area contributed by atoms with Gasteiger partial charge in [-0.3, -0.25) is 19.6 Å². The highest BCUT2D eigenvalue weighted by Crippen LogP contribution is 2.31. The number of fused-ring (bicyclic) bond motifs is 4. The second-order valence-electron chi connectivity index (χ2n) is 11.2. The van der Waals surface area contributed by atoms with Crippen molar-refractivity contribution in [2.24, 2.45) is 0 Å². The number of hydrogen-bond acceptors (Lipinski definition) is 9. The summed E-state index contributed by atoms with van der Waals surface area (Å²) in [4.78, 5) is 64.5. The lowest BCUT2D eigenvalue weighted by Gasteiger charge is -2.31. The molecule has 4 heterocycles. The van der Waals surface area contributed by atoms with E-state index in [0.717, 1.165) is 11.4 Å². The van der Waals surface area contributed by atoms with Crippen LogP contribution in [-0.4, -0.2) is 131 Å². The molecule has 0 spiro atoms. The van der Waals surface area contributed by atoms with Crippen LogP contribution < -0.4 is 10.7 Å². The third-order valence-electron chi connectivity index (χ3n) is 7.05. The number of carbonyl (C=O) groups is 5. The standard InChI is InChI=1S/C14H24N4O4.C9H15N3O6S/c1-14(2,3)22-13(21)17(5)15-11(19)10-7-6-9-8-18(10)12(20)16(9)4;1-2-10-8(13)7-4-3-6-5-11(7)9(14)12(6)18-19(15,16)17/h9-10H,6-8H2,1-5H3,(H,15,19);6-7H,2-5H2,1H3,(H,10,13)(H,15,16,17)/t9-,10+;6-,7+/m11/s1. The molecule has 4 fully saturated rings. The van der Waals surface area contributed by atoms with Crippen LogP contribution in [0.3, 0.4) is 0 Å². The molecule has 4 bridgehead atoms. The maximum absolute atomic E-state index is 12.3. The molecule has 0 aromatic heterocycles. The van der Waals surface area contributed by atoms with Crippen LogP contribution in [0.25, 0.3) is 0 Å². The molecule has 232 valence electrons. The van der Waals surface area contributed by atoms with E-state index in [1.165, 1.54) is 11.9 Å². The van der Waals surface area contributed by atoms with Gasteiger partial charge in [0.1, 0.15) is 17.7 Å². The van der Waals surface area contributed by atoms with E-state index >= 15 is 0 Å². The maximum atomic E-state index is 12.3. The quantitative estimate of drug-likeness (QED) is 0.281. The van der Waals surface area contributed by atoms with Crippen molar-refractivity contribution in [3.05, 3.63) is 0 Å². The van der Waals surface area contributed by atoms with Gasteiger partial charge in [-0.1, -0.05) is 0 Å². The monoisotopic (exact) mass is 605 g/mol. The van der Waals surface area contributed by atoms with Crippen molar-refractivity contribution in [1.29, 1.82) is 0 Å². The summed E-state index contributed by atoms with van der Waals surface area (Å²) < 4.78 is 39.4. The molecule has 0 saturated carbocycles. The number of nitrogens with one attached hydrogen (secondary N) is 2. The summed E-state index contributed by atoms with van der Waals surface area (Å²) in [5, 5.41) is 4.26. The van der Waals surface area contributed by atoms with Gasteiger partial charge in [-0.05, 0) is 53.4 Å². The van der Waals surface area contributed by atoms with E-state index < -0.39 is 46.2 Å². The number of urea groups is 2. The van der Waals surface area contributed by atoms with Crippen LogP contribution in [0.15, 0.2) is 0 Å². The van der Waals surface area contributed by atoms with Gasteiger partial charge in [0.15, 0.2) is 0 Å². The summed E-state index contributed by atoms with van der Waals surface area (Å²) in [5.74, 6) is -0.640. The summed E-state index contributed by atoms with van der Waals surface area (Å²) in [6.45, 7) is 8.23. The smallest absolute Gasteiger partial charge is 0.428 e. The molecule has 17 nitrogen and oxygen atoms in total. The minimum absolute atomic E-state index is 0.137. The number of ether oxygens (including phenoxy) is 1. The van der Waals surface area contributed by atoms with E-state index in [4.69, 9.17) is 9.29 Å². The minimum atomic E-state index is -4.75. The Morgan fingerprint density at radius 3 is 2.07 bits per heavy atom. The molecule has 0 aliphatic carbocycles. The van der Waals surface area contributed by atoms with E-state index in [2.05, 4.69) is 15.0 Å². The van der Waals surface area contributed by atoms with Crippen molar-refractivity contribution in [3.63, 3.8) is 0 Å². The first-order valence-electron chi connectivity index (χ1n) is 13.3. The normalized spacial score (nSPS) is 25.4. The Hall–Kier alpha value is -3.38. The van der Waals surface area contributed by atoms with Crippen molar-refractivity contribution in [2.75, 3.05) is 33.7 Å². The highest BCUT2D eigenvalue weighted by Gasteiger charge is 2.49. The second kappa shape index (κ2) is 12.2. The lowest BCUT2D eigenvalue weighted by Crippen LogP contribution is -2.55. The van der Waals surface area contributed by atoms with E-state index in [0.29, 0.717) is 37.4 Å². The first kappa shape index (κ1) is 32.1. The van der Waals surface area contributed by atoms with Gasteiger partial charge in [0, 0.05) is 33.7 Å². The highest BCUT2D eigenvalue weighted by molar-refractivity contribution is 7.80. The summed E-state index contributed by atoms with van der Waals surface area (Å²) in [6.07, 6.45) is 1.59. The number of nitrogens with zero attached hydrogens (tertiary/aromatic N) is 5. The Labute approximate surface area is 238 Å². The lowest BCUT2D eigenvalue weighted by atomic mass is 10.0. The molecule has 0 unspecified atom stereocenters. The second-order valence-corrected chi connectivity index (χ2v) is 12.2. The minimum Gasteiger partial charge on any atom is -0.442 e. The van der Waals surface area contributed by atoms with E-state index in [9.17, 15) is 32.4 Å². The van der Waals surface area contributed by atoms with Gasteiger partial charge in [0.2, 0.25) is 5.91 Å². The number of hydrogen-bond donors (Lipinski definition) is 3. The summed E-state index contributed by atoms with van der Waals surface area (Å²) in [6, 6.07) is -2.32. The highest BCUT2D eigenvalue weighted by atomic mass is 32.3. The number of rotatable bonds is 5. The zero-order valence-corrected chi connectivity index (χ0v) is 24.8. The molecule has 4 aliphatic heterocycles. The Bertz CT molecular complexity index is 1160. The number of piperidine rings is 2. The Kier molecular flexibility index (Phi) is 9.59. The van der Waals surface area contributed by atoms with Crippen LogP contribution in [0.5, 0.6) is 0 Å². The van der Waals surface area contributed by atoms with Crippen molar-refractivity contribution < 1.29 is 46.0 Å².